The highest BCUT2D eigenvalue weighted by Gasteiger charge is 2.45. The van der Waals surface area contributed by atoms with Crippen LogP contribution in [0.2, 0.25) is 0 Å². The van der Waals surface area contributed by atoms with Crippen molar-refractivity contribution in [1.82, 2.24) is 10.2 Å². The maximum absolute atomic E-state index is 13.5. The van der Waals surface area contributed by atoms with Crippen molar-refractivity contribution in [2.75, 3.05) is 10.2 Å². The van der Waals surface area contributed by atoms with Crippen molar-refractivity contribution >= 4 is 46.3 Å². The number of amides is 2. The van der Waals surface area contributed by atoms with E-state index in [9.17, 15) is 19.5 Å². The number of benzene rings is 2. The predicted molar refractivity (Wildman–Crippen MR) is 127 cm³/mol. The highest BCUT2D eigenvalue weighted by Crippen LogP contribution is 2.29. The number of nitrogens with zero attached hydrogens (tertiary/aromatic N) is 4. The monoisotopic (exact) mass is 493 g/mol. The van der Waals surface area contributed by atoms with Gasteiger partial charge in [-0.25, -0.2) is 0 Å². The molecule has 0 bridgehead atoms. The van der Waals surface area contributed by atoms with Gasteiger partial charge in [0.15, 0.2) is 23.9 Å². The Morgan fingerprint density at radius 3 is 2.40 bits per heavy atom. The first-order valence-electron chi connectivity index (χ1n) is 10.8. The largest absolute Gasteiger partial charge is 0.539 e. The molecular formula is C24H23N5O5S. The van der Waals surface area contributed by atoms with E-state index in [1.165, 1.54) is 21.4 Å². The minimum absolute atomic E-state index is 0.0585. The molecular weight excluding hydrogens is 470 g/mol. The molecule has 0 aliphatic carbocycles. The Morgan fingerprint density at radius 2 is 1.83 bits per heavy atom. The fraction of sp³-hybridized carbons (Fsp3) is 0.250. The minimum Gasteiger partial charge on any atom is -0.539 e. The summed E-state index contributed by atoms with van der Waals surface area (Å²) in [4.78, 5) is 40.7. The summed E-state index contributed by atoms with van der Waals surface area (Å²) >= 11 is 5.62. The van der Waals surface area contributed by atoms with Crippen molar-refractivity contribution in [3.05, 3.63) is 65.4 Å². The van der Waals surface area contributed by atoms with Crippen LogP contribution in [0.3, 0.4) is 0 Å². The number of Topliss-reactive ketones (excluding diaryl/α,β-unsaturated/α-hetero) is 1. The second-order valence-corrected chi connectivity index (χ2v) is 8.62. The Balaban J connectivity index is 1.59. The van der Waals surface area contributed by atoms with Gasteiger partial charge in [0.1, 0.15) is 12.6 Å². The molecule has 0 radical (unpaired) electrons. The number of aryl methyl sites for hydroxylation is 2. The van der Waals surface area contributed by atoms with E-state index in [1.807, 2.05) is 19.1 Å². The van der Waals surface area contributed by atoms with Crippen LogP contribution in [-0.2, 0) is 23.2 Å². The van der Waals surface area contributed by atoms with Gasteiger partial charge in [-0.05, 0) is 62.5 Å². The maximum Gasteiger partial charge on any atom is 0.256 e. The highest BCUT2D eigenvalue weighted by atomic mass is 32.1. The number of hydrogen-bond donors (Lipinski definition) is 1. The van der Waals surface area contributed by atoms with Crippen LogP contribution in [0.5, 0.6) is 5.95 Å². The molecule has 180 valence electrons. The summed E-state index contributed by atoms with van der Waals surface area (Å²) in [5, 5.41) is 18.7. The summed E-state index contributed by atoms with van der Waals surface area (Å²) < 4.78 is 5.98. The fourth-order valence-corrected chi connectivity index (χ4v) is 4.17. The van der Waals surface area contributed by atoms with Gasteiger partial charge in [-0.2, -0.15) is 0 Å². The Bertz CT molecular complexity index is 1280. The molecule has 1 atom stereocenters. The zero-order valence-corrected chi connectivity index (χ0v) is 20.2. The quantitative estimate of drug-likeness (QED) is 0.299. The van der Waals surface area contributed by atoms with Crippen molar-refractivity contribution in [1.29, 1.82) is 0 Å². The predicted octanol–water partition coefficient (Wildman–Crippen LogP) is 1.61. The SMILES string of the molecule is CC(=O)c1ccc(NC(=O)CC2C(=O)N(c3ccc(C)cc3)C(=S)N2Cc2c([O-])on[n+]2C)cc1. The summed E-state index contributed by atoms with van der Waals surface area (Å²) in [5.74, 6) is -1.54. The smallest absolute Gasteiger partial charge is 0.256 e. The molecule has 1 aliphatic rings. The second kappa shape index (κ2) is 9.63. The number of carbonyl (C=O) groups excluding carboxylic acids is 3. The summed E-state index contributed by atoms with van der Waals surface area (Å²) in [6.07, 6.45) is -0.209. The van der Waals surface area contributed by atoms with Gasteiger partial charge in [0.05, 0.1) is 17.4 Å². The average Bonchev–Trinajstić information content (AvgIpc) is 3.25. The first-order valence-corrected chi connectivity index (χ1v) is 11.2. The molecule has 1 unspecified atom stereocenters. The average molecular weight is 494 g/mol. The van der Waals surface area contributed by atoms with Crippen LogP contribution in [0.4, 0.5) is 11.4 Å². The third-order valence-electron chi connectivity index (χ3n) is 5.76. The normalized spacial score (nSPS) is 15.6. The van der Waals surface area contributed by atoms with Gasteiger partial charge in [-0.1, -0.05) is 22.4 Å². The molecule has 2 aromatic carbocycles. The van der Waals surface area contributed by atoms with Crippen LogP contribution >= 0.6 is 12.2 Å². The summed E-state index contributed by atoms with van der Waals surface area (Å²) in [7, 11) is 1.55. The molecule has 1 N–H and O–H groups in total. The van der Waals surface area contributed by atoms with Gasteiger partial charge in [0.25, 0.3) is 11.6 Å². The molecule has 1 saturated heterocycles. The van der Waals surface area contributed by atoms with Crippen molar-refractivity contribution in [3.8, 4) is 5.95 Å². The highest BCUT2D eigenvalue weighted by molar-refractivity contribution is 7.80. The maximum atomic E-state index is 13.5. The zero-order valence-electron chi connectivity index (χ0n) is 19.3. The van der Waals surface area contributed by atoms with Gasteiger partial charge in [-0.3, -0.25) is 19.3 Å². The number of aromatic nitrogens is 2. The van der Waals surface area contributed by atoms with E-state index in [2.05, 4.69) is 10.6 Å². The van der Waals surface area contributed by atoms with E-state index < -0.39 is 17.9 Å². The van der Waals surface area contributed by atoms with Crippen LogP contribution in [0, 0.1) is 6.92 Å². The number of rotatable bonds is 7. The first-order chi connectivity index (χ1) is 16.7. The fourth-order valence-electron chi connectivity index (χ4n) is 3.78. The van der Waals surface area contributed by atoms with Crippen LogP contribution < -0.4 is 20.0 Å². The van der Waals surface area contributed by atoms with Crippen molar-refractivity contribution in [2.24, 2.45) is 7.05 Å². The summed E-state index contributed by atoms with van der Waals surface area (Å²) in [6.45, 7) is 3.33. The third-order valence-corrected chi connectivity index (χ3v) is 6.17. The molecule has 0 saturated carbocycles. The third kappa shape index (κ3) is 4.90. The topological polar surface area (TPSA) is 123 Å². The zero-order chi connectivity index (χ0) is 25.3. The second-order valence-electron chi connectivity index (χ2n) is 8.25. The molecule has 0 spiro atoms. The summed E-state index contributed by atoms with van der Waals surface area (Å²) in [6, 6.07) is 12.8. The number of nitrogens with one attached hydrogen (secondary N) is 1. The van der Waals surface area contributed by atoms with E-state index in [1.54, 1.807) is 43.4 Å². The molecule has 3 aromatic rings. The Kier molecular flexibility index (Phi) is 6.61. The molecule has 1 aliphatic heterocycles. The minimum atomic E-state index is -0.949. The Hall–Kier alpha value is -4.12. The lowest BCUT2D eigenvalue weighted by Gasteiger charge is -2.22. The van der Waals surface area contributed by atoms with Crippen LogP contribution in [-0.4, -0.2) is 38.9 Å². The lowest BCUT2D eigenvalue weighted by Crippen LogP contribution is -2.42. The van der Waals surface area contributed by atoms with E-state index >= 15 is 0 Å². The van der Waals surface area contributed by atoms with E-state index in [-0.39, 0.29) is 35.5 Å². The van der Waals surface area contributed by atoms with Gasteiger partial charge in [0.2, 0.25) is 5.91 Å². The molecule has 2 heterocycles. The lowest BCUT2D eigenvalue weighted by molar-refractivity contribution is -0.746. The van der Waals surface area contributed by atoms with Crippen molar-refractivity contribution in [3.63, 3.8) is 0 Å². The molecule has 4 rings (SSSR count). The van der Waals surface area contributed by atoms with E-state index in [4.69, 9.17) is 16.7 Å². The van der Waals surface area contributed by atoms with E-state index in [0.29, 0.717) is 16.9 Å². The van der Waals surface area contributed by atoms with Gasteiger partial charge >= 0.3 is 0 Å². The molecule has 2 amide bonds. The Morgan fingerprint density at radius 1 is 1.17 bits per heavy atom. The Labute approximate surface area is 206 Å². The first kappa shape index (κ1) is 24.0. The number of hydrogen-bond acceptors (Lipinski definition) is 7. The standard InChI is InChI=1S/C24H23N5O5S/c1-14-4-10-18(11-5-14)29-22(32)19(28(24(29)35)13-20-23(33)34-26-27(20)3)12-21(31)25-17-8-6-16(7-9-17)15(2)30/h4-11,19H,12-13H2,1-3H3,(H-,25,26,30,31,33). The number of thiocarbonyl (C=S) groups is 1. The van der Waals surface area contributed by atoms with E-state index in [0.717, 1.165) is 5.56 Å². The van der Waals surface area contributed by atoms with Gasteiger partial charge in [-0.15, -0.1) is 0 Å². The molecule has 35 heavy (non-hydrogen) atoms. The number of ketones is 1. The van der Waals surface area contributed by atoms with Crippen LogP contribution in [0.25, 0.3) is 0 Å². The number of anilines is 2. The molecule has 10 nitrogen and oxygen atoms in total. The van der Waals surface area contributed by atoms with Crippen LogP contribution in [0.1, 0.15) is 35.0 Å². The number of carbonyl (C=O) groups is 3. The molecule has 1 fully saturated rings. The van der Waals surface area contributed by atoms with Crippen molar-refractivity contribution < 1.29 is 28.7 Å². The van der Waals surface area contributed by atoms with Crippen LogP contribution in [0.15, 0.2) is 53.1 Å². The van der Waals surface area contributed by atoms with Gasteiger partial charge in [0, 0.05) is 11.3 Å². The molecule has 1 aromatic heterocycles. The lowest BCUT2D eigenvalue weighted by atomic mass is 10.1. The molecule has 11 heteroatoms. The van der Waals surface area contributed by atoms with Gasteiger partial charge < -0.3 is 19.8 Å². The summed E-state index contributed by atoms with van der Waals surface area (Å²) in [5.41, 5.74) is 2.78. The van der Waals surface area contributed by atoms with Crippen molar-refractivity contribution in [2.45, 2.75) is 32.9 Å².